The van der Waals surface area contributed by atoms with Crippen molar-refractivity contribution in [1.29, 1.82) is 0 Å². The molecule has 0 bridgehead atoms. The van der Waals surface area contributed by atoms with Gasteiger partial charge in [-0.3, -0.25) is 14.4 Å². The van der Waals surface area contributed by atoms with Crippen LogP contribution in [0.3, 0.4) is 0 Å². The molecule has 0 aliphatic carbocycles. The van der Waals surface area contributed by atoms with Crippen molar-refractivity contribution in [1.82, 2.24) is 5.32 Å². The number of alkyl halides is 3. The summed E-state index contributed by atoms with van der Waals surface area (Å²) in [6, 6.07) is 0. The summed E-state index contributed by atoms with van der Waals surface area (Å²) in [7, 11) is 0. The van der Waals surface area contributed by atoms with Gasteiger partial charge in [0.1, 0.15) is 0 Å². The summed E-state index contributed by atoms with van der Waals surface area (Å²) in [5, 5.41) is 2.44. The number of hydrogen-bond acceptors (Lipinski definition) is 5. The molecule has 0 atom stereocenters. The van der Waals surface area contributed by atoms with E-state index in [1.165, 1.54) is 6.92 Å². The van der Waals surface area contributed by atoms with E-state index in [1.54, 1.807) is 0 Å². The molecule has 9 heteroatoms. The van der Waals surface area contributed by atoms with Crippen LogP contribution in [-0.2, 0) is 23.9 Å². The van der Waals surface area contributed by atoms with Crippen molar-refractivity contribution in [2.75, 3.05) is 13.2 Å². The number of hydrogen-bond donors (Lipinski definition) is 1. The van der Waals surface area contributed by atoms with Gasteiger partial charge in [-0.2, -0.15) is 13.2 Å². The third kappa shape index (κ3) is 12.3. The Balaban J connectivity index is 3.57. The third-order valence-electron chi connectivity index (χ3n) is 2.78. The first-order valence-corrected chi connectivity index (χ1v) is 7.19. The lowest BCUT2D eigenvalue weighted by atomic mass is 10.1. The zero-order chi connectivity index (χ0) is 17.9. The van der Waals surface area contributed by atoms with Gasteiger partial charge in [-0.1, -0.05) is 19.3 Å². The summed E-state index contributed by atoms with van der Waals surface area (Å²) >= 11 is 0. The van der Waals surface area contributed by atoms with Gasteiger partial charge < -0.3 is 10.1 Å². The van der Waals surface area contributed by atoms with E-state index in [9.17, 15) is 32.3 Å². The molecule has 0 saturated heterocycles. The lowest BCUT2D eigenvalue weighted by molar-refractivity contribution is -0.187. The topological polar surface area (TPSA) is 89.5 Å². The summed E-state index contributed by atoms with van der Waals surface area (Å²) < 4.78 is 39.2. The molecule has 0 rings (SSSR count). The minimum Gasteiger partial charge on any atom is -0.450 e. The Hall–Kier alpha value is -1.93. The maximum absolute atomic E-state index is 11.8. The van der Waals surface area contributed by atoms with E-state index < -0.39 is 36.2 Å². The molecule has 0 aliphatic rings. The lowest BCUT2D eigenvalue weighted by Crippen LogP contribution is -2.29. The molecule has 0 saturated carbocycles. The lowest BCUT2D eigenvalue weighted by Gasteiger charge is -2.07. The van der Waals surface area contributed by atoms with E-state index in [4.69, 9.17) is 0 Å². The fourth-order valence-electron chi connectivity index (χ4n) is 1.60. The fraction of sp³-hybridized carbons (Fsp3) is 0.714. The summed E-state index contributed by atoms with van der Waals surface area (Å²) in [5.74, 6) is -3.62. The van der Waals surface area contributed by atoms with E-state index >= 15 is 0 Å². The molecule has 0 aromatic heterocycles. The molecule has 0 aromatic carbocycles. The Morgan fingerprint density at radius 2 is 1.52 bits per heavy atom. The van der Waals surface area contributed by atoms with Crippen LogP contribution in [0.2, 0.25) is 0 Å². The van der Waals surface area contributed by atoms with Gasteiger partial charge in [0.25, 0.3) is 5.91 Å². The quantitative estimate of drug-likeness (QED) is 0.352. The van der Waals surface area contributed by atoms with E-state index in [-0.39, 0.29) is 6.42 Å². The smallest absolute Gasteiger partial charge is 0.422 e. The second kappa shape index (κ2) is 10.7. The van der Waals surface area contributed by atoms with Crippen molar-refractivity contribution in [3.63, 3.8) is 0 Å². The van der Waals surface area contributed by atoms with Gasteiger partial charge in [0.05, 0.1) is 0 Å². The van der Waals surface area contributed by atoms with Gasteiger partial charge in [0.15, 0.2) is 6.61 Å². The molecule has 0 aliphatic heterocycles. The molecule has 0 heterocycles. The van der Waals surface area contributed by atoms with Gasteiger partial charge in [0.2, 0.25) is 11.6 Å². The molecule has 0 spiro atoms. The summed E-state index contributed by atoms with van der Waals surface area (Å²) in [6.07, 6.45) is -1.64. The van der Waals surface area contributed by atoms with Gasteiger partial charge in [-0.25, -0.2) is 4.79 Å². The standard InChI is InChI=1S/C14H20F3NO5/c1-10(19)12(21)18-8-6-4-2-3-5-7-11(20)13(22)23-9-14(15,16)17/h2-9H2,1H3,(H,18,21). The van der Waals surface area contributed by atoms with Crippen molar-refractivity contribution >= 4 is 23.4 Å². The predicted octanol–water partition coefficient (Wildman–Crippen LogP) is 1.71. The average molecular weight is 339 g/mol. The third-order valence-corrected chi connectivity index (χ3v) is 2.78. The first-order valence-electron chi connectivity index (χ1n) is 7.19. The Labute approximate surface area is 131 Å². The maximum atomic E-state index is 11.8. The molecule has 0 fully saturated rings. The van der Waals surface area contributed by atoms with Crippen LogP contribution < -0.4 is 5.32 Å². The molecule has 1 amide bonds. The molecule has 132 valence electrons. The number of unbranched alkanes of at least 4 members (excludes halogenated alkanes) is 4. The number of nitrogens with one attached hydrogen (secondary N) is 1. The largest absolute Gasteiger partial charge is 0.450 e. The molecular weight excluding hydrogens is 319 g/mol. The summed E-state index contributed by atoms with van der Waals surface area (Å²) in [4.78, 5) is 43.7. The second-order valence-corrected chi connectivity index (χ2v) is 4.94. The first-order chi connectivity index (χ1) is 10.6. The zero-order valence-electron chi connectivity index (χ0n) is 12.8. The zero-order valence-corrected chi connectivity index (χ0v) is 12.8. The van der Waals surface area contributed by atoms with Crippen molar-refractivity contribution in [2.24, 2.45) is 0 Å². The van der Waals surface area contributed by atoms with Crippen LogP contribution in [0.25, 0.3) is 0 Å². The molecular formula is C14H20F3NO5. The fourth-order valence-corrected chi connectivity index (χ4v) is 1.60. The minimum absolute atomic E-state index is 0.155. The average Bonchev–Trinajstić information content (AvgIpc) is 2.45. The molecule has 1 N–H and O–H groups in total. The number of halogens is 3. The van der Waals surface area contributed by atoms with Crippen LogP contribution in [0, 0.1) is 0 Å². The number of Topliss-reactive ketones (excluding diaryl/α,β-unsaturated/α-hetero) is 2. The molecule has 23 heavy (non-hydrogen) atoms. The minimum atomic E-state index is -4.65. The highest BCUT2D eigenvalue weighted by molar-refractivity contribution is 6.35. The molecule has 0 unspecified atom stereocenters. The monoisotopic (exact) mass is 339 g/mol. The number of amides is 1. The Kier molecular flexibility index (Phi) is 9.84. The van der Waals surface area contributed by atoms with Gasteiger partial charge in [-0.05, 0) is 12.8 Å². The van der Waals surface area contributed by atoms with Crippen LogP contribution in [0.15, 0.2) is 0 Å². The van der Waals surface area contributed by atoms with Crippen LogP contribution in [-0.4, -0.2) is 42.8 Å². The SMILES string of the molecule is CC(=O)C(=O)NCCCCCCCC(=O)C(=O)OCC(F)(F)F. The Bertz CT molecular complexity index is 435. The number of ketones is 2. The Morgan fingerprint density at radius 3 is 2.09 bits per heavy atom. The van der Waals surface area contributed by atoms with E-state index in [0.717, 1.165) is 12.8 Å². The van der Waals surface area contributed by atoms with E-state index in [1.807, 2.05) is 0 Å². The van der Waals surface area contributed by atoms with Crippen LogP contribution in [0.1, 0.15) is 45.4 Å². The maximum Gasteiger partial charge on any atom is 0.422 e. The molecule has 6 nitrogen and oxygen atoms in total. The van der Waals surface area contributed by atoms with E-state index in [2.05, 4.69) is 10.1 Å². The van der Waals surface area contributed by atoms with Crippen molar-refractivity contribution in [3.05, 3.63) is 0 Å². The summed E-state index contributed by atoms with van der Waals surface area (Å²) in [6.45, 7) is -0.212. The highest BCUT2D eigenvalue weighted by Gasteiger charge is 2.30. The first kappa shape index (κ1) is 21.1. The highest BCUT2D eigenvalue weighted by Crippen LogP contribution is 2.14. The Morgan fingerprint density at radius 1 is 0.957 bits per heavy atom. The van der Waals surface area contributed by atoms with Gasteiger partial charge >= 0.3 is 12.1 Å². The van der Waals surface area contributed by atoms with Crippen molar-refractivity contribution in [2.45, 2.75) is 51.6 Å². The van der Waals surface area contributed by atoms with Crippen LogP contribution in [0.5, 0.6) is 0 Å². The molecule has 0 aromatic rings. The number of ether oxygens (including phenoxy) is 1. The number of carbonyl (C=O) groups is 4. The van der Waals surface area contributed by atoms with Gasteiger partial charge in [0, 0.05) is 19.9 Å². The molecule has 0 radical (unpaired) electrons. The van der Waals surface area contributed by atoms with Gasteiger partial charge in [-0.15, -0.1) is 0 Å². The predicted molar refractivity (Wildman–Crippen MR) is 73.4 cm³/mol. The van der Waals surface area contributed by atoms with Crippen molar-refractivity contribution < 1.29 is 37.1 Å². The normalized spacial score (nSPS) is 11.0. The van der Waals surface area contributed by atoms with E-state index in [0.29, 0.717) is 25.8 Å². The summed E-state index contributed by atoms with van der Waals surface area (Å²) in [5.41, 5.74) is 0. The van der Waals surface area contributed by atoms with Crippen LogP contribution in [0.4, 0.5) is 13.2 Å². The number of esters is 1. The van der Waals surface area contributed by atoms with Crippen LogP contribution >= 0.6 is 0 Å². The second-order valence-electron chi connectivity index (χ2n) is 4.94. The van der Waals surface area contributed by atoms with Crippen molar-refractivity contribution in [3.8, 4) is 0 Å². The number of carbonyl (C=O) groups excluding carboxylic acids is 4. The highest BCUT2D eigenvalue weighted by atomic mass is 19.4. The number of rotatable bonds is 11.